The van der Waals surface area contributed by atoms with Crippen LogP contribution in [0.2, 0.25) is 0 Å². The van der Waals surface area contributed by atoms with Crippen LogP contribution in [-0.2, 0) is 9.53 Å². The van der Waals surface area contributed by atoms with Crippen LogP contribution < -0.4 is 0 Å². The van der Waals surface area contributed by atoms with Gasteiger partial charge in [0.1, 0.15) is 6.04 Å². The summed E-state index contributed by atoms with van der Waals surface area (Å²) in [5.74, 6) is 0.0461. The molecule has 1 atom stereocenters. The van der Waals surface area contributed by atoms with Gasteiger partial charge in [0, 0.05) is 25.2 Å². The van der Waals surface area contributed by atoms with E-state index in [0.717, 1.165) is 24.8 Å². The van der Waals surface area contributed by atoms with Crippen molar-refractivity contribution in [3.63, 3.8) is 0 Å². The van der Waals surface area contributed by atoms with Gasteiger partial charge in [-0.25, -0.2) is 0 Å². The Morgan fingerprint density at radius 3 is 2.43 bits per heavy atom. The molecule has 2 saturated heterocycles. The summed E-state index contributed by atoms with van der Waals surface area (Å²) in [6.45, 7) is 5.09. The average Bonchev–Trinajstić information content (AvgIpc) is 2.62. The number of hydrogen-bond donors (Lipinski definition) is 0. The Morgan fingerprint density at radius 1 is 1.04 bits per heavy atom. The molecule has 0 aliphatic carbocycles. The highest BCUT2D eigenvalue weighted by Crippen LogP contribution is 2.22. The van der Waals surface area contributed by atoms with Crippen molar-refractivity contribution in [2.24, 2.45) is 0 Å². The molecule has 2 aliphatic rings. The maximum atomic E-state index is 12.8. The quantitative estimate of drug-likeness (QED) is 0.837. The summed E-state index contributed by atoms with van der Waals surface area (Å²) in [6.07, 6.45) is 2.72. The van der Waals surface area contributed by atoms with Crippen molar-refractivity contribution in [3.8, 4) is 0 Å². The summed E-state index contributed by atoms with van der Waals surface area (Å²) in [5.41, 5.74) is 1.79. The molecule has 0 N–H and O–H groups in total. The Kier molecular flexibility index (Phi) is 4.96. The van der Waals surface area contributed by atoms with E-state index in [1.807, 2.05) is 36.1 Å². The fourth-order valence-corrected chi connectivity index (χ4v) is 3.29. The van der Waals surface area contributed by atoms with Gasteiger partial charge in [-0.05, 0) is 38.3 Å². The molecule has 2 fully saturated rings. The van der Waals surface area contributed by atoms with E-state index < -0.39 is 0 Å². The molecule has 23 heavy (non-hydrogen) atoms. The molecule has 124 valence electrons. The third-order valence-corrected chi connectivity index (χ3v) is 4.67. The van der Waals surface area contributed by atoms with E-state index in [1.165, 1.54) is 0 Å². The van der Waals surface area contributed by atoms with Crippen molar-refractivity contribution in [2.75, 3.05) is 32.8 Å². The Bertz CT molecular complexity index is 564. The van der Waals surface area contributed by atoms with Crippen LogP contribution in [-0.4, -0.2) is 60.5 Å². The van der Waals surface area contributed by atoms with Gasteiger partial charge in [-0.2, -0.15) is 0 Å². The van der Waals surface area contributed by atoms with Crippen molar-refractivity contribution in [1.29, 1.82) is 0 Å². The highest BCUT2D eigenvalue weighted by atomic mass is 16.5. The van der Waals surface area contributed by atoms with Crippen molar-refractivity contribution in [3.05, 3.63) is 35.4 Å². The zero-order chi connectivity index (χ0) is 16.2. The number of ether oxygens (including phenoxy) is 1. The van der Waals surface area contributed by atoms with Crippen LogP contribution in [0, 0.1) is 6.92 Å². The molecule has 0 radical (unpaired) electrons. The molecule has 1 aromatic rings. The molecule has 2 amide bonds. The Hall–Kier alpha value is -1.88. The molecule has 5 nitrogen and oxygen atoms in total. The molecule has 0 saturated carbocycles. The predicted molar refractivity (Wildman–Crippen MR) is 87.3 cm³/mol. The monoisotopic (exact) mass is 316 g/mol. The third kappa shape index (κ3) is 3.55. The summed E-state index contributed by atoms with van der Waals surface area (Å²) < 4.78 is 5.32. The lowest BCUT2D eigenvalue weighted by Crippen LogP contribution is -2.55. The molecule has 2 aliphatic heterocycles. The fraction of sp³-hybridized carbons (Fsp3) is 0.556. The molecule has 2 heterocycles. The van der Waals surface area contributed by atoms with Gasteiger partial charge in [0.15, 0.2) is 0 Å². The van der Waals surface area contributed by atoms with Crippen molar-refractivity contribution < 1.29 is 14.3 Å². The standard InChI is InChI=1S/C18H24N2O3/c1-14-5-7-15(8-6-14)17(21)20-9-3-2-4-16(20)18(22)19-10-12-23-13-11-19/h5-8,16H,2-4,9-13H2,1H3/t16-/m1/s1. The van der Waals surface area contributed by atoms with Gasteiger partial charge < -0.3 is 14.5 Å². The number of nitrogens with zero attached hydrogens (tertiary/aromatic N) is 2. The minimum atomic E-state index is -0.323. The molecule has 0 spiro atoms. The first kappa shape index (κ1) is 16.0. The molecule has 0 aromatic heterocycles. The highest BCUT2D eigenvalue weighted by molar-refractivity contribution is 5.97. The zero-order valence-corrected chi connectivity index (χ0v) is 13.7. The minimum Gasteiger partial charge on any atom is -0.378 e. The number of aryl methyl sites for hydroxylation is 1. The van der Waals surface area contributed by atoms with Crippen LogP contribution in [0.15, 0.2) is 24.3 Å². The maximum Gasteiger partial charge on any atom is 0.254 e. The van der Waals surface area contributed by atoms with Crippen molar-refractivity contribution in [1.82, 2.24) is 9.80 Å². The summed E-state index contributed by atoms with van der Waals surface area (Å²) >= 11 is 0. The SMILES string of the molecule is Cc1ccc(C(=O)N2CCCC[C@@H]2C(=O)N2CCOCC2)cc1. The lowest BCUT2D eigenvalue weighted by atomic mass is 9.99. The highest BCUT2D eigenvalue weighted by Gasteiger charge is 2.35. The first-order valence-electron chi connectivity index (χ1n) is 8.41. The van der Waals surface area contributed by atoms with Crippen LogP contribution in [0.3, 0.4) is 0 Å². The van der Waals surface area contributed by atoms with Crippen LogP contribution in [0.1, 0.15) is 35.2 Å². The molecule has 3 rings (SSSR count). The second-order valence-corrected chi connectivity index (χ2v) is 6.31. The summed E-state index contributed by atoms with van der Waals surface area (Å²) in [7, 11) is 0. The van der Waals surface area contributed by atoms with Gasteiger partial charge in [-0.3, -0.25) is 9.59 Å². The zero-order valence-electron chi connectivity index (χ0n) is 13.7. The van der Waals surface area contributed by atoms with Gasteiger partial charge in [0.05, 0.1) is 13.2 Å². The summed E-state index contributed by atoms with van der Waals surface area (Å²) in [5, 5.41) is 0. The van der Waals surface area contributed by atoms with E-state index in [0.29, 0.717) is 38.4 Å². The smallest absolute Gasteiger partial charge is 0.254 e. The first-order valence-corrected chi connectivity index (χ1v) is 8.41. The van der Waals surface area contributed by atoms with Gasteiger partial charge in [0.2, 0.25) is 5.91 Å². The lowest BCUT2D eigenvalue weighted by molar-refractivity contribution is -0.141. The Balaban J connectivity index is 1.76. The second kappa shape index (κ2) is 7.13. The summed E-state index contributed by atoms with van der Waals surface area (Å²) in [4.78, 5) is 29.3. The average molecular weight is 316 g/mol. The maximum absolute atomic E-state index is 12.8. The van der Waals surface area contributed by atoms with Gasteiger partial charge in [-0.1, -0.05) is 17.7 Å². The fourth-order valence-electron chi connectivity index (χ4n) is 3.29. The number of morpholine rings is 1. The number of benzene rings is 1. The van der Waals surface area contributed by atoms with Crippen LogP contribution in [0.25, 0.3) is 0 Å². The van der Waals surface area contributed by atoms with E-state index >= 15 is 0 Å². The molecule has 0 unspecified atom stereocenters. The Labute approximate surface area is 137 Å². The molecular weight excluding hydrogens is 292 g/mol. The number of hydrogen-bond acceptors (Lipinski definition) is 3. The van der Waals surface area contributed by atoms with E-state index in [2.05, 4.69) is 0 Å². The minimum absolute atomic E-state index is 0.0312. The number of likely N-dealkylation sites (tertiary alicyclic amines) is 1. The molecular formula is C18H24N2O3. The number of carbonyl (C=O) groups excluding carboxylic acids is 2. The largest absolute Gasteiger partial charge is 0.378 e. The second-order valence-electron chi connectivity index (χ2n) is 6.31. The van der Waals surface area contributed by atoms with E-state index in [4.69, 9.17) is 4.74 Å². The van der Waals surface area contributed by atoms with E-state index in [9.17, 15) is 9.59 Å². The summed E-state index contributed by atoms with van der Waals surface area (Å²) in [6, 6.07) is 7.26. The topological polar surface area (TPSA) is 49.9 Å². The molecule has 0 bridgehead atoms. The molecule has 5 heteroatoms. The lowest BCUT2D eigenvalue weighted by Gasteiger charge is -2.38. The van der Waals surface area contributed by atoms with Gasteiger partial charge >= 0.3 is 0 Å². The number of carbonyl (C=O) groups is 2. The van der Waals surface area contributed by atoms with E-state index in [1.54, 1.807) is 4.90 Å². The first-order chi connectivity index (χ1) is 11.2. The Morgan fingerprint density at radius 2 is 1.74 bits per heavy atom. The third-order valence-electron chi connectivity index (χ3n) is 4.67. The normalized spacial score (nSPS) is 22.0. The number of piperidine rings is 1. The van der Waals surface area contributed by atoms with Crippen molar-refractivity contribution >= 4 is 11.8 Å². The van der Waals surface area contributed by atoms with Gasteiger partial charge in [0.25, 0.3) is 5.91 Å². The predicted octanol–water partition coefficient (Wildman–Crippen LogP) is 1.85. The van der Waals surface area contributed by atoms with E-state index in [-0.39, 0.29) is 17.9 Å². The molecule has 1 aromatic carbocycles. The van der Waals surface area contributed by atoms with Crippen LogP contribution >= 0.6 is 0 Å². The number of amides is 2. The number of rotatable bonds is 2. The van der Waals surface area contributed by atoms with Crippen LogP contribution in [0.4, 0.5) is 0 Å². The van der Waals surface area contributed by atoms with Crippen LogP contribution in [0.5, 0.6) is 0 Å². The van der Waals surface area contributed by atoms with Gasteiger partial charge in [-0.15, -0.1) is 0 Å². The van der Waals surface area contributed by atoms with Crippen molar-refractivity contribution in [2.45, 2.75) is 32.2 Å².